The average molecular weight is 245 g/mol. The fourth-order valence-electron chi connectivity index (χ4n) is 2.05. The van der Waals surface area contributed by atoms with Crippen molar-refractivity contribution in [3.63, 3.8) is 0 Å². The number of aryl methyl sites for hydroxylation is 2. The third-order valence-corrected chi connectivity index (χ3v) is 3.09. The molecule has 4 nitrogen and oxygen atoms in total. The number of carbonyl (C=O) groups excluding carboxylic acids is 1. The molecular weight excluding hydrogens is 226 g/mol. The van der Waals surface area contributed by atoms with Crippen molar-refractivity contribution in [2.75, 3.05) is 6.54 Å². The van der Waals surface area contributed by atoms with Crippen molar-refractivity contribution in [3.8, 4) is 0 Å². The van der Waals surface area contributed by atoms with Crippen LogP contribution in [0.4, 0.5) is 0 Å². The summed E-state index contributed by atoms with van der Waals surface area (Å²) < 4.78 is 2.07. The van der Waals surface area contributed by atoms with Gasteiger partial charge in [-0.05, 0) is 24.6 Å². The van der Waals surface area contributed by atoms with Crippen LogP contribution in [0.2, 0.25) is 0 Å². The van der Waals surface area contributed by atoms with Gasteiger partial charge in [0.25, 0.3) is 5.91 Å². The Hall–Kier alpha value is -1.84. The SMILES string of the molecule is CCCNC(=O)c1ccc2c(c1)nc(CC)n2C. The van der Waals surface area contributed by atoms with Gasteiger partial charge in [-0.25, -0.2) is 4.98 Å². The molecule has 0 bridgehead atoms. The molecule has 1 aromatic heterocycles. The van der Waals surface area contributed by atoms with Crippen molar-refractivity contribution in [1.82, 2.24) is 14.9 Å². The lowest BCUT2D eigenvalue weighted by Crippen LogP contribution is -2.23. The van der Waals surface area contributed by atoms with Gasteiger partial charge in [0.15, 0.2) is 0 Å². The van der Waals surface area contributed by atoms with Crippen molar-refractivity contribution in [3.05, 3.63) is 29.6 Å². The Kier molecular flexibility index (Phi) is 3.65. The summed E-state index contributed by atoms with van der Waals surface area (Å²) in [5.41, 5.74) is 2.63. The molecule has 1 aromatic carbocycles. The number of nitrogens with one attached hydrogen (secondary N) is 1. The summed E-state index contributed by atoms with van der Waals surface area (Å²) in [4.78, 5) is 16.4. The number of rotatable bonds is 4. The van der Waals surface area contributed by atoms with Crippen LogP contribution in [-0.4, -0.2) is 22.0 Å². The van der Waals surface area contributed by atoms with Gasteiger partial charge in [0, 0.05) is 25.6 Å². The van der Waals surface area contributed by atoms with Crippen molar-refractivity contribution < 1.29 is 4.79 Å². The van der Waals surface area contributed by atoms with Crippen molar-refractivity contribution in [1.29, 1.82) is 0 Å². The molecule has 0 saturated carbocycles. The molecule has 0 unspecified atom stereocenters. The zero-order chi connectivity index (χ0) is 13.1. The fraction of sp³-hybridized carbons (Fsp3) is 0.429. The molecule has 0 fully saturated rings. The molecule has 2 rings (SSSR count). The normalized spacial score (nSPS) is 10.8. The van der Waals surface area contributed by atoms with Gasteiger partial charge < -0.3 is 9.88 Å². The summed E-state index contributed by atoms with van der Waals surface area (Å²) >= 11 is 0. The van der Waals surface area contributed by atoms with E-state index in [-0.39, 0.29) is 5.91 Å². The second-order valence-corrected chi connectivity index (χ2v) is 4.40. The van der Waals surface area contributed by atoms with Crippen LogP contribution in [0.15, 0.2) is 18.2 Å². The lowest BCUT2D eigenvalue weighted by atomic mass is 10.2. The number of imidazole rings is 1. The first-order valence-corrected chi connectivity index (χ1v) is 6.41. The zero-order valence-electron chi connectivity index (χ0n) is 11.2. The second kappa shape index (κ2) is 5.21. The molecule has 1 amide bonds. The van der Waals surface area contributed by atoms with Gasteiger partial charge in [0.2, 0.25) is 0 Å². The molecule has 18 heavy (non-hydrogen) atoms. The Morgan fingerprint density at radius 3 is 2.83 bits per heavy atom. The Balaban J connectivity index is 2.35. The summed E-state index contributed by atoms with van der Waals surface area (Å²) in [5.74, 6) is 1.01. The first kappa shape index (κ1) is 12.6. The van der Waals surface area contributed by atoms with Gasteiger partial charge in [-0.3, -0.25) is 4.79 Å². The number of fused-ring (bicyclic) bond motifs is 1. The Morgan fingerprint density at radius 1 is 1.39 bits per heavy atom. The molecule has 4 heteroatoms. The van der Waals surface area contributed by atoms with Crippen LogP contribution >= 0.6 is 0 Å². The largest absolute Gasteiger partial charge is 0.352 e. The molecule has 0 aliphatic heterocycles. The first-order valence-electron chi connectivity index (χ1n) is 6.41. The van der Waals surface area contributed by atoms with E-state index in [0.29, 0.717) is 12.1 Å². The van der Waals surface area contributed by atoms with Crippen LogP contribution in [-0.2, 0) is 13.5 Å². The minimum atomic E-state index is -0.0255. The topological polar surface area (TPSA) is 46.9 Å². The molecule has 0 spiro atoms. The van der Waals surface area contributed by atoms with E-state index in [1.54, 1.807) is 0 Å². The number of hydrogen-bond acceptors (Lipinski definition) is 2. The van der Waals surface area contributed by atoms with E-state index in [1.165, 1.54) is 0 Å². The van der Waals surface area contributed by atoms with Crippen molar-refractivity contribution in [2.24, 2.45) is 7.05 Å². The Morgan fingerprint density at radius 2 is 2.17 bits per heavy atom. The van der Waals surface area contributed by atoms with Crippen LogP contribution in [0.3, 0.4) is 0 Å². The van der Waals surface area contributed by atoms with Crippen LogP contribution in [0.25, 0.3) is 11.0 Å². The second-order valence-electron chi connectivity index (χ2n) is 4.40. The molecular formula is C14H19N3O. The third-order valence-electron chi connectivity index (χ3n) is 3.09. The summed E-state index contributed by atoms with van der Waals surface area (Å²) in [7, 11) is 2.00. The van der Waals surface area contributed by atoms with E-state index in [1.807, 2.05) is 32.2 Å². The van der Waals surface area contributed by atoms with Crippen molar-refractivity contribution in [2.45, 2.75) is 26.7 Å². The predicted octanol–water partition coefficient (Wildman–Crippen LogP) is 2.28. The summed E-state index contributed by atoms with van der Waals surface area (Å²) in [6, 6.07) is 5.68. The van der Waals surface area contributed by atoms with Crippen LogP contribution in [0.5, 0.6) is 0 Å². The molecule has 0 radical (unpaired) electrons. The van der Waals surface area contributed by atoms with E-state index < -0.39 is 0 Å². The Labute approximate surface area is 107 Å². The van der Waals surface area contributed by atoms with Gasteiger partial charge in [-0.2, -0.15) is 0 Å². The van der Waals surface area contributed by atoms with Crippen LogP contribution < -0.4 is 5.32 Å². The highest BCUT2D eigenvalue weighted by atomic mass is 16.1. The summed E-state index contributed by atoms with van der Waals surface area (Å²) in [5, 5.41) is 2.88. The predicted molar refractivity (Wildman–Crippen MR) is 72.7 cm³/mol. The number of carbonyl (C=O) groups is 1. The number of benzene rings is 1. The molecule has 0 atom stereocenters. The van der Waals surface area contributed by atoms with Gasteiger partial charge in [0.1, 0.15) is 5.82 Å². The molecule has 0 aliphatic carbocycles. The molecule has 1 heterocycles. The lowest BCUT2D eigenvalue weighted by Gasteiger charge is -2.03. The maximum Gasteiger partial charge on any atom is 0.251 e. The maximum absolute atomic E-state index is 11.9. The smallest absolute Gasteiger partial charge is 0.251 e. The standard InChI is InChI=1S/C14H19N3O/c1-4-8-15-14(18)10-6-7-12-11(9-10)16-13(5-2)17(12)3/h6-7,9H,4-5,8H2,1-3H3,(H,15,18). The molecule has 1 N–H and O–H groups in total. The maximum atomic E-state index is 11.9. The summed E-state index contributed by atoms with van der Waals surface area (Å²) in [6.45, 7) is 4.82. The minimum Gasteiger partial charge on any atom is -0.352 e. The van der Waals surface area contributed by atoms with Gasteiger partial charge in [0.05, 0.1) is 11.0 Å². The number of nitrogens with zero attached hydrogens (tertiary/aromatic N) is 2. The molecule has 2 aromatic rings. The minimum absolute atomic E-state index is 0.0255. The van der Waals surface area contributed by atoms with E-state index in [2.05, 4.69) is 21.8 Å². The van der Waals surface area contributed by atoms with Gasteiger partial charge >= 0.3 is 0 Å². The average Bonchev–Trinajstić information content (AvgIpc) is 2.72. The van der Waals surface area contributed by atoms with E-state index in [0.717, 1.165) is 29.7 Å². The Bertz CT molecular complexity index is 572. The third kappa shape index (κ3) is 2.23. The van der Waals surface area contributed by atoms with Crippen LogP contribution in [0.1, 0.15) is 36.5 Å². The first-order chi connectivity index (χ1) is 8.67. The van der Waals surface area contributed by atoms with E-state index >= 15 is 0 Å². The molecule has 96 valence electrons. The monoisotopic (exact) mass is 245 g/mol. The van der Waals surface area contributed by atoms with Gasteiger partial charge in [-0.15, -0.1) is 0 Å². The van der Waals surface area contributed by atoms with E-state index in [4.69, 9.17) is 0 Å². The lowest BCUT2D eigenvalue weighted by molar-refractivity contribution is 0.0954. The molecule has 0 aliphatic rings. The summed E-state index contributed by atoms with van der Waals surface area (Å²) in [6.07, 6.45) is 1.83. The molecule has 0 saturated heterocycles. The van der Waals surface area contributed by atoms with E-state index in [9.17, 15) is 4.79 Å². The highest BCUT2D eigenvalue weighted by Gasteiger charge is 2.10. The number of amides is 1. The quantitative estimate of drug-likeness (QED) is 0.898. The zero-order valence-corrected chi connectivity index (χ0v) is 11.2. The fourth-order valence-corrected chi connectivity index (χ4v) is 2.05. The highest BCUT2D eigenvalue weighted by molar-refractivity contribution is 5.97. The van der Waals surface area contributed by atoms with Crippen molar-refractivity contribution >= 4 is 16.9 Å². The number of hydrogen-bond donors (Lipinski definition) is 1. The highest BCUT2D eigenvalue weighted by Crippen LogP contribution is 2.17. The van der Waals surface area contributed by atoms with Gasteiger partial charge in [-0.1, -0.05) is 13.8 Å². The number of aromatic nitrogens is 2. The van der Waals surface area contributed by atoms with Crippen LogP contribution in [0, 0.1) is 0 Å².